The molecule has 0 aliphatic rings. The summed E-state index contributed by atoms with van der Waals surface area (Å²) < 4.78 is 0. The highest BCUT2D eigenvalue weighted by Gasteiger charge is 1.92. The van der Waals surface area contributed by atoms with E-state index in [9.17, 15) is 19.8 Å². The lowest BCUT2D eigenvalue weighted by atomic mass is 10.1. The van der Waals surface area contributed by atoms with E-state index in [0.717, 1.165) is 13.1 Å². The lowest BCUT2D eigenvalue weighted by molar-refractivity contribution is -0.368. The van der Waals surface area contributed by atoms with Crippen LogP contribution >= 0.6 is 0 Å². The van der Waals surface area contributed by atoms with Gasteiger partial charge in [0.25, 0.3) is 0 Å². The maximum Gasteiger partial charge on any atom is 0.0739 e. The van der Waals surface area contributed by atoms with E-state index in [-0.39, 0.29) is 12.8 Å². The van der Waals surface area contributed by atoms with Crippen molar-refractivity contribution in [2.45, 2.75) is 83.5 Å². The third-order valence-corrected chi connectivity index (χ3v) is 3.51. The molecule has 0 rings (SSSR count). The number of rotatable bonds is 15. The number of aliphatic carboxylic acids is 2. The quantitative estimate of drug-likeness (QED) is 0.373. The minimum absolute atomic E-state index is 0.0761. The molecule has 0 aliphatic carbocycles. The molecule has 0 aromatic heterocycles. The Morgan fingerprint density at radius 1 is 0.522 bits per heavy atom. The van der Waals surface area contributed by atoms with Crippen LogP contribution in [0.1, 0.15) is 83.5 Å². The van der Waals surface area contributed by atoms with Crippen molar-refractivity contribution in [1.82, 2.24) is 0 Å². The summed E-state index contributed by atoms with van der Waals surface area (Å²) in [7, 11) is 0. The van der Waals surface area contributed by atoms with Gasteiger partial charge in [-0.15, -0.1) is 0 Å². The first kappa shape index (κ1) is 24.1. The first-order valence-electron chi connectivity index (χ1n) is 9.02. The van der Waals surface area contributed by atoms with Crippen LogP contribution in [-0.2, 0) is 9.59 Å². The van der Waals surface area contributed by atoms with Gasteiger partial charge in [0.2, 0.25) is 0 Å². The second-order valence-corrected chi connectivity index (χ2v) is 5.84. The first-order chi connectivity index (χ1) is 11.0. The molecule has 0 amide bonds. The maximum absolute atomic E-state index is 9.77. The van der Waals surface area contributed by atoms with Gasteiger partial charge in [0, 0.05) is 11.9 Å². The molecule has 0 unspecified atom stereocenters. The van der Waals surface area contributed by atoms with E-state index in [1.807, 2.05) is 0 Å². The van der Waals surface area contributed by atoms with E-state index in [1.165, 1.54) is 57.8 Å². The van der Waals surface area contributed by atoms with Crippen LogP contribution in [-0.4, -0.2) is 25.0 Å². The lowest BCUT2D eigenvalue weighted by Gasteiger charge is -2.01. The van der Waals surface area contributed by atoms with Gasteiger partial charge in [0.15, 0.2) is 0 Å². The molecule has 0 saturated carbocycles. The minimum atomic E-state index is -1.14. The van der Waals surface area contributed by atoms with Crippen molar-refractivity contribution >= 4 is 11.9 Å². The van der Waals surface area contributed by atoms with E-state index in [2.05, 4.69) is 11.5 Å². The van der Waals surface area contributed by atoms with E-state index in [0.29, 0.717) is 12.8 Å². The highest BCUT2D eigenvalue weighted by molar-refractivity contribution is 5.65. The SMILES string of the molecule is O=C([O-])CCCCC(=O)[O-].[NH3+]CCCCCCCCCCC[NH3+]. The molecule has 0 aliphatic heterocycles. The Kier molecular flexibility index (Phi) is 21.9. The molecule has 0 heterocycles. The number of quaternary nitrogens is 2. The molecule has 0 saturated heterocycles. The summed E-state index contributed by atoms with van der Waals surface area (Å²) in [6.45, 7) is 2.23. The zero-order valence-corrected chi connectivity index (χ0v) is 14.7. The number of carboxylic acid groups (broad SMARTS) is 2. The van der Waals surface area contributed by atoms with Crippen LogP contribution in [0.4, 0.5) is 0 Å². The Bertz CT molecular complexity index is 247. The summed E-state index contributed by atoms with van der Waals surface area (Å²) in [6, 6.07) is 0. The van der Waals surface area contributed by atoms with Crippen LogP contribution in [0, 0.1) is 0 Å². The van der Waals surface area contributed by atoms with Crippen molar-refractivity contribution in [3.8, 4) is 0 Å². The van der Waals surface area contributed by atoms with E-state index >= 15 is 0 Å². The molecule has 23 heavy (non-hydrogen) atoms. The lowest BCUT2D eigenvalue weighted by Crippen LogP contribution is -2.50. The van der Waals surface area contributed by atoms with Crippen molar-refractivity contribution in [3.63, 3.8) is 0 Å². The van der Waals surface area contributed by atoms with Crippen LogP contribution < -0.4 is 21.7 Å². The molecule has 0 radical (unpaired) electrons. The molecule has 138 valence electrons. The highest BCUT2D eigenvalue weighted by atomic mass is 16.4. The van der Waals surface area contributed by atoms with Gasteiger partial charge < -0.3 is 31.3 Å². The fraction of sp³-hybridized carbons (Fsp3) is 0.882. The number of carboxylic acids is 2. The molecular weight excluding hydrogens is 296 g/mol. The minimum Gasteiger partial charge on any atom is -0.550 e. The van der Waals surface area contributed by atoms with Gasteiger partial charge in [0.1, 0.15) is 0 Å². The fourth-order valence-electron chi connectivity index (χ4n) is 2.13. The Morgan fingerprint density at radius 2 is 0.783 bits per heavy atom. The first-order valence-corrected chi connectivity index (χ1v) is 9.02. The predicted octanol–water partition coefficient (Wildman–Crippen LogP) is -0.972. The molecule has 6 nitrogen and oxygen atoms in total. The van der Waals surface area contributed by atoms with Gasteiger partial charge in [-0.1, -0.05) is 32.1 Å². The average molecular weight is 332 g/mol. The molecule has 6 N–H and O–H groups in total. The van der Waals surface area contributed by atoms with Crippen LogP contribution in [0.15, 0.2) is 0 Å². The highest BCUT2D eigenvalue weighted by Crippen LogP contribution is 2.08. The summed E-state index contributed by atoms with van der Waals surface area (Å²) >= 11 is 0. The van der Waals surface area contributed by atoms with Crippen molar-refractivity contribution in [3.05, 3.63) is 0 Å². The van der Waals surface area contributed by atoms with Gasteiger partial charge in [-0.2, -0.15) is 0 Å². The Morgan fingerprint density at radius 3 is 1.00 bits per heavy atom. The van der Waals surface area contributed by atoms with Gasteiger partial charge in [0.05, 0.1) is 13.1 Å². The third kappa shape index (κ3) is 29.5. The average Bonchev–Trinajstić information content (AvgIpc) is 2.50. The second kappa shape index (κ2) is 20.9. The Hall–Kier alpha value is -1.14. The third-order valence-electron chi connectivity index (χ3n) is 3.51. The van der Waals surface area contributed by atoms with E-state index < -0.39 is 11.9 Å². The fourth-order valence-corrected chi connectivity index (χ4v) is 2.13. The molecular formula is C17H36N2O4. The number of carbonyl (C=O) groups excluding carboxylic acids is 2. The second-order valence-electron chi connectivity index (χ2n) is 5.84. The topological polar surface area (TPSA) is 136 Å². The number of hydrogen-bond acceptors (Lipinski definition) is 4. The maximum atomic E-state index is 9.77. The summed E-state index contributed by atoms with van der Waals surface area (Å²) in [5.41, 5.74) is 7.69. The van der Waals surface area contributed by atoms with Crippen LogP contribution in [0.25, 0.3) is 0 Å². The van der Waals surface area contributed by atoms with Crippen molar-refractivity contribution in [2.24, 2.45) is 0 Å². The molecule has 0 aromatic carbocycles. The van der Waals surface area contributed by atoms with Crippen LogP contribution in [0.3, 0.4) is 0 Å². The zero-order valence-electron chi connectivity index (χ0n) is 14.7. The predicted molar refractivity (Wildman–Crippen MR) is 85.5 cm³/mol. The summed E-state index contributed by atoms with van der Waals surface area (Å²) in [6.07, 6.45) is 13.1. The summed E-state index contributed by atoms with van der Waals surface area (Å²) in [4.78, 5) is 19.5. The smallest absolute Gasteiger partial charge is 0.0739 e. The van der Waals surface area contributed by atoms with Gasteiger partial charge in [-0.05, 0) is 51.4 Å². The zero-order chi connectivity index (χ0) is 17.8. The van der Waals surface area contributed by atoms with Gasteiger partial charge in [-0.25, -0.2) is 0 Å². The monoisotopic (exact) mass is 332 g/mol. The largest absolute Gasteiger partial charge is 0.550 e. The number of unbranched alkanes of at least 4 members (excludes halogenated alkanes) is 9. The Labute approximate surface area is 140 Å². The molecule has 0 bridgehead atoms. The normalized spacial score (nSPS) is 10.0. The van der Waals surface area contributed by atoms with Crippen molar-refractivity contribution < 1.29 is 31.3 Å². The number of hydrogen-bond donors (Lipinski definition) is 2. The standard InChI is InChI=1S/C11H26N2.C6H10O4/c12-10-8-6-4-2-1-3-5-7-9-11-13;7-5(8)3-1-2-4-6(9)10/h1-13H2;1-4H2,(H,7,8)(H,9,10). The number of carbonyl (C=O) groups is 2. The van der Waals surface area contributed by atoms with Gasteiger partial charge in [-0.3, -0.25) is 0 Å². The van der Waals surface area contributed by atoms with E-state index in [1.54, 1.807) is 0 Å². The molecule has 6 heteroatoms. The Balaban J connectivity index is 0. The van der Waals surface area contributed by atoms with Gasteiger partial charge >= 0.3 is 0 Å². The molecule has 0 atom stereocenters. The van der Waals surface area contributed by atoms with Crippen molar-refractivity contribution in [2.75, 3.05) is 13.1 Å². The summed E-state index contributed by atoms with van der Waals surface area (Å²) in [5, 5.41) is 19.5. The molecule has 0 aromatic rings. The molecule has 0 fully saturated rings. The van der Waals surface area contributed by atoms with Crippen LogP contribution in [0.2, 0.25) is 0 Å². The van der Waals surface area contributed by atoms with Crippen LogP contribution in [0.5, 0.6) is 0 Å². The van der Waals surface area contributed by atoms with E-state index in [4.69, 9.17) is 0 Å². The molecule has 0 spiro atoms. The van der Waals surface area contributed by atoms with Crippen molar-refractivity contribution in [1.29, 1.82) is 0 Å². The summed E-state index contributed by atoms with van der Waals surface area (Å²) in [5.74, 6) is -2.28.